The van der Waals surface area contributed by atoms with Gasteiger partial charge in [0.25, 0.3) is 0 Å². The highest BCUT2D eigenvalue weighted by Crippen LogP contribution is 2.32. The molecular weight excluding hydrogens is 548 g/mol. The van der Waals surface area contributed by atoms with Crippen molar-refractivity contribution in [1.29, 1.82) is 0 Å². The minimum absolute atomic E-state index is 0.0286. The van der Waals surface area contributed by atoms with Crippen LogP contribution in [0.4, 0.5) is 4.79 Å². The van der Waals surface area contributed by atoms with Crippen LogP contribution >= 0.6 is 0 Å². The van der Waals surface area contributed by atoms with Crippen molar-refractivity contribution in [1.82, 2.24) is 15.5 Å². The fourth-order valence-electron chi connectivity index (χ4n) is 4.86. The summed E-state index contributed by atoms with van der Waals surface area (Å²) in [6.45, 7) is 14.3. The lowest BCUT2D eigenvalue weighted by Crippen LogP contribution is -2.47. The molecule has 1 rings (SSSR count). The Kier molecular flexibility index (Phi) is 17.0. The maximum Gasteiger partial charge on any atom is 0.316 e. The Morgan fingerprint density at radius 2 is 1.63 bits per heavy atom. The number of hydrogen-bond donors (Lipinski definition) is 4. The van der Waals surface area contributed by atoms with Crippen molar-refractivity contribution in [2.75, 3.05) is 54.6 Å². The van der Waals surface area contributed by atoms with E-state index in [1.807, 2.05) is 45.9 Å². The highest BCUT2D eigenvalue weighted by molar-refractivity contribution is 5.79. The highest BCUT2D eigenvalue weighted by atomic mass is 16.5. The van der Waals surface area contributed by atoms with E-state index in [4.69, 9.17) is 19.9 Å². The number of nitrogens with one attached hydrogen (secondary N) is 2. The number of carbonyl (C=O) groups is 2. The molecule has 0 aliphatic carbocycles. The van der Waals surface area contributed by atoms with Crippen LogP contribution < -0.4 is 25.8 Å². The van der Waals surface area contributed by atoms with E-state index in [0.717, 1.165) is 18.4 Å². The topological polar surface area (TPSA) is 135 Å². The number of ether oxygens (including phenoxy) is 3. The summed E-state index contributed by atoms with van der Waals surface area (Å²) in [6.07, 6.45) is 1.66. The second-order valence-corrected chi connectivity index (χ2v) is 13.4. The largest absolute Gasteiger partial charge is 0.493 e. The van der Waals surface area contributed by atoms with Gasteiger partial charge in [0.05, 0.1) is 19.8 Å². The van der Waals surface area contributed by atoms with Crippen LogP contribution in [0.1, 0.15) is 66.4 Å². The van der Waals surface area contributed by atoms with E-state index in [0.29, 0.717) is 50.1 Å². The maximum atomic E-state index is 13.2. The summed E-state index contributed by atoms with van der Waals surface area (Å²) in [5, 5.41) is 17.1. The molecule has 0 saturated heterocycles. The minimum atomic E-state index is -0.817. The third-order valence-electron chi connectivity index (χ3n) is 7.99. The molecule has 0 bridgehead atoms. The lowest BCUT2D eigenvalue weighted by Gasteiger charge is -2.31. The Balaban J connectivity index is 2.82. The first-order valence-corrected chi connectivity index (χ1v) is 15.6. The summed E-state index contributed by atoms with van der Waals surface area (Å²) in [4.78, 5) is 26.6. The van der Waals surface area contributed by atoms with Crippen LogP contribution in [-0.2, 0) is 16.0 Å². The molecule has 0 spiro atoms. The quantitative estimate of drug-likeness (QED) is 0.164. The molecule has 248 valence electrons. The SMILES string of the molecule is COCCCOc1cc(C[C@@H](C[C@H](N)[C@@H](O)C[C@H](C(=O)NCC(C)(C)CNC(=O)N(C)C)C(C)C)C(C)C)ccc1OC. The van der Waals surface area contributed by atoms with Crippen molar-refractivity contribution < 1.29 is 28.9 Å². The fourth-order valence-corrected chi connectivity index (χ4v) is 4.86. The Bertz CT molecular complexity index is 969. The van der Waals surface area contributed by atoms with Gasteiger partial charge in [-0.2, -0.15) is 0 Å². The molecule has 0 aliphatic heterocycles. The number of hydrogen-bond acceptors (Lipinski definition) is 7. The molecule has 0 heterocycles. The van der Waals surface area contributed by atoms with Crippen LogP contribution in [0.15, 0.2) is 18.2 Å². The van der Waals surface area contributed by atoms with Gasteiger partial charge in [-0.15, -0.1) is 0 Å². The van der Waals surface area contributed by atoms with Crippen LogP contribution in [0.25, 0.3) is 0 Å². The second kappa shape index (κ2) is 19.0. The molecule has 10 heteroatoms. The van der Waals surface area contributed by atoms with Gasteiger partial charge in [0.1, 0.15) is 0 Å². The van der Waals surface area contributed by atoms with E-state index >= 15 is 0 Å². The fraction of sp³-hybridized carbons (Fsp3) is 0.758. The molecular formula is C33H60N4O6. The molecule has 10 nitrogen and oxygen atoms in total. The number of rotatable bonds is 20. The second-order valence-electron chi connectivity index (χ2n) is 13.4. The molecule has 5 N–H and O–H groups in total. The number of amides is 3. The van der Waals surface area contributed by atoms with Gasteiger partial charge in [-0.25, -0.2) is 4.79 Å². The van der Waals surface area contributed by atoms with Crippen LogP contribution in [0, 0.1) is 29.1 Å². The van der Waals surface area contributed by atoms with Crippen molar-refractivity contribution in [3.63, 3.8) is 0 Å². The van der Waals surface area contributed by atoms with E-state index < -0.39 is 12.1 Å². The summed E-state index contributed by atoms with van der Waals surface area (Å²) in [7, 11) is 6.68. The number of methoxy groups -OCH3 is 2. The van der Waals surface area contributed by atoms with E-state index in [1.165, 1.54) is 4.90 Å². The first-order valence-electron chi connectivity index (χ1n) is 15.6. The average Bonchev–Trinajstić information content (AvgIpc) is 2.94. The van der Waals surface area contributed by atoms with E-state index in [1.54, 1.807) is 28.3 Å². The zero-order chi connectivity index (χ0) is 32.7. The molecule has 0 aromatic heterocycles. The molecule has 0 saturated carbocycles. The summed E-state index contributed by atoms with van der Waals surface area (Å²) >= 11 is 0. The van der Waals surface area contributed by atoms with E-state index in [2.05, 4.69) is 24.5 Å². The molecule has 0 radical (unpaired) electrons. The van der Waals surface area contributed by atoms with E-state index in [-0.39, 0.29) is 41.5 Å². The number of aliphatic hydroxyl groups is 1. The van der Waals surface area contributed by atoms with Gasteiger partial charge in [-0.3, -0.25) is 4.79 Å². The normalized spacial score (nSPS) is 14.7. The number of carbonyl (C=O) groups excluding carboxylic acids is 2. The van der Waals surface area contributed by atoms with Crippen molar-refractivity contribution in [3.8, 4) is 11.5 Å². The highest BCUT2D eigenvalue weighted by Gasteiger charge is 2.31. The molecule has 0 unspecified atom stereocenters. The minimum Gasteiger partial charge on any atom is -0.493 e. The Morgan fingerprint density at radius 1 is 0.977 bits per heavy atom. The monoisotopic (exact) mass is 608 g/mol. The van der Waals surface area contributed by atoms with Crippen molar-refractivity contribution in [2.45, 2.75) is 79.4 Å². The molecule has 1 aromatic rings. The van der Waals surface area contributed by atoms with Gasteiger partial charge < -0.3 is 40.6 Å². The van der Waals surface area contributed by atoms with Gasteiger partial charge in [-0.1, -0.05) is 47.6 Å². The Hall–Kier alpha value is -2.56. The zero-order valence-electron chi connectivity index (χ0n) is 28.4. The summed E-state index contributed by atoms with van der Waals surface area (Å²) in [6, 6.07) is 5.36. The smallest absolute Gasteiger partial charge is 0.316 e. The molecule has 0 fully saturated rings. The van der Waals surface area contributed by atoms with Crippen LogP contribution in [-0.4, -0.2) is 88.7 Å². The lowest BCUT2D eigenvalue weighted by molar-refractivity contribution is -0.128. The van der Waals surface area contributed by atoms with Crippen LogP contribution in [0.2, 0.25) is 0 Å². The molecule has 43 heavy (non-hydrogen) atoms. The number of urea groups is 1. The standard InChI is InChI=1S/C33H60N4O6/c1-22(2)25(16-24-12-13-29(42-10)30(17-24)43-15-11-14-41-9)18-27(34)28(38)19-26(23(3)4)31(39)35-20-33(5,6)21-36-32(40)37(7)8/h12-13,17,22-23,25-28,38H,11,14-16,18-21,34H2,1-10H3,(H,35,39)(H,36,40)/t25-,26-,27-,28-/m0/s1. The number of nitrogens with zero attached hydrogens (tertiary/aromatic N) is 1. The van der Waals surface area contributed by atoms with Gasteiger partial charge >= 0.3 is 6.03 Å². The van der Waals surface area contributed by atoms with Gasteiger partial charge in [0, 0.05) is 59.3 Å². The van der Waals surface area contributed by atoms with Crippen LogP contribution in [0.3, 0.4) is 0 Å². The van der Waals surface area contributed by atoms with Crippen molar-refractivity contribution in [2.24, 2.45) is 34.8 Å². The molecule has 3 amide bonds. The molecule has 4 atom stereocenters. The van der Waals surface area contributed by atoms with Crippen molar-refractivity contribution in [3.05, 3.63) is 23.8 Å². The van der Waals surface area contributed by atoms with Crippen LogP contribution in [0.5, 0.6) is 11.5 Å². The Labute approximate surface area is 260 Å². The predicted molar refractivity (Wildman–Crippen MR) is 172 cm³/mol. The van der Waals surface area contributed by atoms with Gasteiger partial charge in [0.2, 0.25) is 5.91 Å². The third-order valence-corrected chi connectivity index (χ3v) is 7.99. The van der Waals surface area contributed by atoms with E-state index in [9.17, 15) is 14.7 Å². The van der Waals surface area contributed by atoms with Gasteiger partial charge in [-0.05, 0) is 60.1 Å². The predicted octanol–water partition coefficient (Wildman–Crippen LogP) is 4.08. The zero-order valence-corrected chi connectivity index (χ0v) is 28.4. The molecule has 1 aromatic carbocycles. The maximum absolute atomic E-state index is 13.2. The first-order chi connectivity index (χ1) is 20.1. The van der Waals surface area contributed by atoms with Crippen molar-refractivity contribution >= 4 is 11.9 Å². The number of benzene rings is 1. The summed E-state index contributed by atoms with van der Waals surface area (Å²) < 4.78 is 16.6. The first kappa shape index (κ1) is 38.5. The summed E-state index contributed by atoms with van der Waals surface area (Å²) in [5.41, 5.74) is 7.36. The number of aliphatic hydroxyl groups excluding tert-OH is 1. The number of nitrogens with two attached hydrogens (primary N) is 1. The summed E-state index contributed by atoms with van der Waals surface area (Å²) in [5.74, 6) is 1.50. The Morgan fingerprint density at radius 3 is 2.19 bits per heavy atom. The molecule has 0 aliphatic rings. The van der Waals surface area contributed by atoms with Gasteiger partial charge in [0.15, 0.2) is 11.5 Å². The third kappa shape index (κ3) is 14.2. The lowest BCUT2D eigenvalue weighted by atomic mass is 9.80. The average molecular weight is 609 g/mol.